The van der Waals surface area contributed by atoms with Crippen LogP contribution in [-0.4, -0.2) is 42.7 Å². The van der Waals surface area contributed by atoms with Gasteiger partial charge in [-0.05, 0) is 55.5 Å². The summed E-state index contributed by atoms with van der Waals surface area (Å²) >= 11 is 0. The third kappa shape index (κ3) is 5.00. The smallest absolute Gasteiger partial charge is 0.194 e. The minimum absolute atomic E-state index is 0.307. The van der Waals surface area contributed by atoms with Crippen LogP contribution in [0.2, 0.25) is 0 Å². The fourth-order valence-corrected chi connectivity index (χ4v) is 3.65. The van der Waals surface area contributed by atoms with Crippen LogP contribution in [0.3, 0.4) is 0 Å². The van der Waals surface area contributed by atoms with Gasteiger partial charge in [-0.15, -0.1) is 0 Å². The summed E-state index contributed by atoms with van der Waals surface area (Å²) in [5.74, 6) is 2.48. The van der Waals surface area contributed by atoms with Gasteiger partial charge in [-0.3, -0.25) is 4.99 Å². The summed E-state index contributed by atoms with van der Waals surface area (Å²) in [7, 11) is 7.61. The minimum atomic E-state index is 0.307. The van der Waals surface area contributed by atoms with E-state index < -0.39 is 0 Å². The number of guanidine groups is 1. The Labute approximate surface area is 168 Å². The first-order valence-electron chi connectivity index (χ1n) is 9.96. The normalized spacial score (nSPS) is 14.9. The van der Waals surface area contributed by atoms with Crippen LogP contribution >= 0.6 is 0 Å². The molecule has 1 aliphatic carbocycles. The average Bonchev–Trinajstić information content (AvgIpc) is 3.35. The highest BCUT2D eigenvalue weighted by atomic mass is 16.5. The van der Waals surface area contributed by atoms with Gasteiger partial charge in [0.2, 0.25) is 0 Å². The highest BCUT2D eigenvalue weighted by Crippen LogP contribution is 2.32. The molecular formula is C22H32N4O2. The molecule has 0 amide bonds. The molecule has 0 spiro atoms. The molecule has 0 bridgehead atoms. The molecule has 152 valence electrons. The second-order valence-corrected chi connectivity index (χ2v) is 7.38. The number of methoxy groups -OCH3 is 1. The van der Waals surface area contributed by atoms with E-state index in [-0.39, 0.29) is 0 Å². The maximum atomic E-state index is 6.21. The van der Waals surface area contributed by atoms with Gasteiger partial charge in [-0.25, -0.2) is 0 Å². The van der Waals surface area contributed by atoms with Crippen molar-refractivity contribution in [3.63, 3.8) is 0 Å². The Bertz CT molecular complexity index is 794. The van der Waals surface area contributed by atoms with Crippen LogP contribution in [-0.2, 0) is 20.1 Å². The molecule has 0 atom stereocenters. The number of aliphatic imine (C=N–C) groups is 1. The third-order valence-electron chi connectivity index (χ3n) is 5.30. The fraction of sp³-hybridized carbons (Fsp3) is 0.500. The number of aromatic nitrogens is 1. The molecule has 0 radical (unpaired) electrons. The molecule has 3 rings (SSSR count). The molecule has 0 unspecified atom stereocenters. The molecule has 1 N–H and O–H groups in total. The highest BCUT2D eigenvalue weighted by molar-refractivity contribution is 5.79. The molecule has 1 fully saturated rings. The summed E-state index contributed by atoms with van der Waals surface area (Å²) in [6, 6.07) is 10.3. The van der Waals surface area contributed by atoms with Gasteiger partial charge in [0.05, 0.1) is 19.8 Å². The summed E-state index contributed by atoms with van der Waals surface area (Å²) in [5.41, 5.74) is 2.38. The van der Waals surface area contributed by atoms with Crippen LogP contribution < -0.4 is 14.8 Å². The van der Waals surface area contributed by atoms with Crippen molar-refractivity contribution in [2.45, 2.75) is 44.9 Å². The van der Waals surface area contributed by atoms with Crippen LogP contribution in [0.5, 0.6) is 11.5 Å². The Kier molecular flexibility index (Phi) is 6.85. The number of hydrogen-bond donors (Lipinski definition) is 1. The van der Waals surface area contributed by atoms with E-state index in [9.17, 15) is 0 Å². The van der Waals surface area contributed by atoms with Gasteiger partial charge in [0.1, 0.15) is 0 Å². The molecule has 0 aliphatic heterocycles. The minimum Gasteiger partial charge on any atom is -0.493 e. The lowest BCUT2D eigenvalue weighted by molar-refractivity contribution is 0.200. The van der Waals surface area contributed by atoms with Gasteiger partial charge >= 0.3 is 0 Å². The van der Waals surface area contributed by atoms with Crippen molar-refractivity contribution in [1.29, 1.82) is 0 Å². The van der Waals surface area contributed by atoms with Crippen molar-refractivity contribution in [3.05, 3.63) is 47.8 Å². The van der Waals surface area contributed by atoms with E-state index in [1.165, 1.54) is 18.5 Å². The number of aryl methyl sites for hydroxylation is 1. The molecule has 2 aromatic rings. The van der Waals surface area contributed by atoms with Gasteiger partial charge in [-0.2, -0.15) is 0 Å². The van der Waals surface area contributed by atoms with Gasteiger partial charge < -0.3 is 24.3 Å². The van der Waals surface area contributed by atoms with Gasteiger partial charge in [0.25, 0.3) is 0 Å². The lowest BCUT2D eigenvalue weighted by Crippen LogP contribution is -2.38. The Balaban J connectivity index is 1.62. The van der Waals surface area contributed by atoms with E-state index in [1.54, 1.807) is 7.11 Å². The van der Waals surface area contributed by atoms with Crippen LogP contribution in [0.25, 0.3) is 0 Å². The molecule has 1 saturated carbocycles. The largest absolute Gasteiger partial charge is 0.493 e. The average molecular weight is 385 g/mol. The second kappa shape index (κ2) is 9.53. The molecule has 6 heteroatoms. The zero-order chi connectivity index (χ0) is 19.9. The number of nitrogens with one attached hydrogen (secondary N) is 1. The van der Waals surface area contributed by atoms with Crippen LogP contribution in [0, 0.1) is 0 Å². The van der Waals surface area contributed by atoms with Gasteiger partial charge in [0.15, 0.2) is 17.5 Å². The van der Waals surface area contributed by atoms with Crippen LogP contribution in [0.4, 0.5) is 0 Å². The summed E-state index contributed by atoms with van der Waals surface area (Å²) in [6.45, 7) is 1.47. The highest BCUT2D eigenvalue weighted by Gasteiger charge is 2.18. The van der Waals surface area contributed by atoms with E-state index in [0.717, 1.165) is 42.4 Å². The van der Waals surface area contributed by atoms with E-state index in [4.69, 9.17) is 9.47 Å². The zero-order valence-electron chi connectivity index (χ0n) is 17.4. The van der Waals surface area contributed by atoms with Gasteiger partial charge in [0, 0.05) is 39.6 Å². The molecule has 28 heavy (non-hydrogen) atoms. The summed E-state index contributed by atoms with van der Waals surface area (Å²) in [5, 5.41) is 3.45. The fourth-order valence-electron chi connectivity index (χ4n) is 3.65. The number of rotatable bonds is 7. The maximum Gasteiger partial charge on any atom is 0.194 e. The van der Waals surface area contributed by atoms with Crippen molar-refractivity contribution in [2.24, 2.45) is 12.0 Å². The zero-order valence-corrected chi connectivity index (χ0v) is 17.4. The van der Waals surface area contributed by atoms with Crippen LogP contribution in [0.1, 0.15) is 36.9 Å². The monoisotopic (exact) mass is 384 g/mol. The Morgan fingerprint density at radius 3 is 2.68 bits per heavy atom. The lowest BCUT2D eigenvalue weighted by atomic mass is 10.2. The van der Waals surface area contributed by atoms with Crippen molar-refractivity contribution in [2.75, 3.05) is 21.2 Å². The number of nitrogens with zero attached hydrogens (tertiary/aromatic N) is 3. The van der Waals surface area contributed by atoms with E-state index >= 15 is 0 Å². The molecule has 1 heterocycles. The first-order chi connectivity index (χ1) is 13.6. The summed E-state index contributed by atoms with van der Waals surface area (Å²) in [4.78, 5) is 6.54. The Hall–Kier alpha value is -2.63. The van der Waals surface area contributed by atoms with Crippen LogP contribution in [0.15, 0.2) is 41.5 Å². The van der Waals surface area contributed by atoms with E-state index in [0.29, 0.717) is 12.6 Å². The SMILES string of the molecule is CN=C(NCc1ccc(OC)c(OC2CCCC2)c1)N(C)Cc1cccn1C. The summed E-state index contributed by atoms with van der Waals surface area (Å²) in [6.07, 6.45) is 7.12. The molecule has 1 aromatic carbocycles. The maximum absolute atomic E-state index is 6.21. The molecular weight excluding hydrogens is 352 g/mol. The third-order valence-corrected chi connectivity index (χ3v) is 5.30. The Morgan fingerprint density at radius 1 is 1.25 bits per heavy atom. The topological polar surface area (TPSA) is 51.0 Å². The van der Waals surface area contributed by atoms with Crippen molar-refractivity contribution in [3.8, 4) is 11.5 Å². The van der Waals surface area contributed by atoms with Gasteiger partial charge in [-0.1, -0.05) is 6.07 Å². The predicted molar refractivity (Wildman–Crippen MR) is 113 cm³/mol. The standard InChI is InChI=1S/C22H32N4O2/c1-23-22(26(3)16-18-8-7-13-25(18)2)24-15-17-11-12-20(27-4)21(14-17)28-19-9-5-6-10-19/h7-8,11-14,19H,5-6,9-10,15-16H2,1-4H3,(H,23,24). The number of hydrogen-bond acceptors (Lipinski definition) is 3. The second-order valence-electron chi connectivity index (χ2n) is 7.38. The van der Waals surface area contributed by atoms with E-state index in [1.807, 2.05) is 20.2 Å². The van der Waals surface area contributed by atoms with Crippen molar-refractivity contribution >= 4 is 5.96 Å². The lowest BCUT2D eigenvalue weighted by Gasteiger charge is -2.23. The van der Waals surface area contributed by atoms with Crippen molar-refractivity contribution in [1.82, 2.24) is 14.8 Å². The predicted octanol–water partition coefficient (Wildman–Crippen LogP) is 3.56. The first kappa shape index (κ1) is 20.1. The molecule has 0 saturated heterocycles. The summed E-state index contributed by atoms with van der Waals surface area (Å²) < 4.78 is 13.8. The quantitative estimate of drug-likeness (QED) is 0.586. The first-order valence-corrected chi connectivity index (χ1v) is 9.96. The number of ether oxygens (including phenoxy) is 2. The van der Waals surface area contributed by atoms with E-state index in [2.05, 4.69) is 57.3 Å². The number of benzene rings is 1. The molecule has 6 nitrogen and oxygen atoms in total. The Morgan fingerprint density at radius 2 is 2.04 bits per heavy atom. The molecule has 1 aliphatic rings. The van der Waals surface area contributed by atoms with Crippen molar-refractivity contribution < 1.29 is 9.47 Å². The molecule has 1 aromatic heterocycles.